The number of halogens is 3. The van der Waals surface area contributed by atoms with E-state index < -0.39 is 26.9 Å². The first-order valence-corrected chi connectivity index (χ1v) is 15.3. The number of carboxylic acid groups (broad SMARTS) is 1. The number of carboxylic acids is 1. The Kier molecular flexibility index (Phi) is 9.30. The van der Waals surface area contributed by atoms with Crippen LogP contribution < -0.4 is 18.7 Å². The first kappa shape index (κ1) is 29.8. The average molecular weight is 606 g/mol. The Morgan fingerprint density at radius 3 is 2.43 bits per heavy atom. The number of hydrogen-bond acceptors (Lipinski definition) is 8. The predicted octanol–water partition coefficient (Wildman–Crippen LogP) is 6.47. The van der Waals surface area contributed by atoms with Gasteiger partial charge in [-0.2, -0.15) is 13.2 Å². The maximum Gasteiger partial charge on any atom is 0.422 e. The van der Waals surface area contributed by atoms with Gasteiger partial charge in [0.15, 0.2) is 18.2 Å². The molecule has 3 aromatic rings. The van der Waals surface area contributed by atoms with E-state index in [4.69, 9.17) is 18.7 Å². The molecule has 1 aromatic carbocycles. The van der Waals surface area contributed by atoms with E-state index in [0.29, 0.717) is 34.7 Å². The molecule has 1 N–H and O–H groups in total. The molecule has 2 fully saturated rings. The molecule has 0 bridgehead atoms. The third-order valence-electron chi connectivity index (χ3n) is 7.15. The van der Waals surface area contributed by atoms with Crippen LogP contribution in [0.15, 0.2) is 48.9 Å². The molecule has 1 atom stereocenters. The van der Waals surface area contributed by atoms with Gasteiger partial charge in [0.05, 0.1) is 39.6 Å². The van der Waals surface area contributed by atoms with E-state index >= 15 is 0 Å². The van der Waals surface area contributed by atoms with Crippen molar-refractivity contribution in [3.8, 4) is 34.5 Å². The van der Waals surface area contributed by atoms with Crippen molar-refractivity contribution in [2.45, 2.75) is 50.3 Å². The minimum atomic E-state index is -4.45. The second-order valence-electron chi connectivity index (χ2n) is 10.3. The highest BCUT2D eigenvalue weighted by Gasteiger charge is 2.34. The van der Waals surface area contributed by atoms with Gasteiger partial charge in [0.1, 0.15) is 17.6 Å². The first-order valence-electron chi connectivity index (χ1n) is 13.6. The van der Waals surface area contributed by atoms with Crippen LogP contribution >= 0.6 is 8.15 Å². The van der Waals surface area contributed by atoms with E-state index in [1.54, 1.807) is 31.5 Å². The summed E-state index contributed by atoms with van der Waals surface area (Å²) >= 11 is 0. The molecule has 0 radical (unpaired) electrons. The van der Waals surface area contributed by atoms with Gasteiger partial charge in [-0.1, -0.05) is 0 Å². The second kappa shape index (κ2) is 13.1. The molecule has 9 nitrogen and oxygen atoms in total. The number of pyridine rings is 1. The number of aromatic nitrogens is 3. The number of methoxy groups -OCH3 is 1. The number of carbonyl (C=O) groups is 1. The molecule has 13 heteroatoms. The first-order chi connectivity index (χ1) is 20.2. The van der Waals surface area contributed by atoms with Crippen molar-refractivity contribution in [3.63, 3.8) is 0 Å². The molecule has 0 spiro atoms. The third kappa shape index (κ3) is 8.21. The van der Waals surface area contributed by atoms with Gasteiger partial charge in [-0.25, -0.2) is 15.0 Å². The lowest BCUT2D eigenvalue weighted by Crippen LogP contribution is -2.25. The summed E-state index contributed by atoms with van der Waals surface area (Å²) in [5.41, 5.74) is 1.55. The molecule has 3 heterocycles. The van der Waals surface area contributed by atoms with Crippen LogP contribution in [0.5, 0.6) is 23.1 Å². The highest BCUT2D eigenvalue weighted by Crippen LogP contribution is 2.48. The SMILES string of the molecule is COc1ccc(-c2ncc(OCC(F)(F)F)cn2)c(O[P@]2CC[C@H](Oc3cc(C(CC(=O)O)C4CC4)ccn3)CC2)c1. The lowest BCUT2D eigenvalue weighted by Gasteiger charge is -2.29. The number of nitrogens with zero attached hydrogens (tertiary/aromatic N) is 3. The van der Waals surface area contributed by atoms with Crippen molar-refractivity contribution in [1.29, 1.82) is 0 Å². The molecule has 1 saturated heterocycles. The molecular weight excluding hydrogens is 574 g/mol. The largest absolute Gasteiger partial charge is 0.497 e. The van der Waals surface area contributed by atoms with Crippen LogP contribution in [0.2, 0.25) is 0 Å². The Morgan fingerprint density at radius 2 is 1.79 bits per heavy atom. The Labute approximate surface area is 242 Å². The summed E-state index contributed by atoms with van der Waals surface area (Å²) in [7, 11) is 0.697. The number of aliphatic carboxylic acids is 1. The Morgan fingerprint density at radius 1 is 1.05 bits per heavy atom. The van der Waals surface area contributed by atoms with E-state index in [0.717, 1.165) is 43.6 Å². The fraction of sp³-hybridized carbons (Fsp3) is 0.448. The maximum absolute atomic E-state index is 12.5. The molecule has 0 amide bonds. The summed E-state index contributed by atoms with van der Waals surface area (Å²) in [6.45, 7) is -1.42. The molecule has 5 rings (SSSR count). The maximum atomic E-state index is 12.5. The van der Waals surface area contributed by atoms with E-state index in [1.165, 1.54) is 12.4 Å². The molecule has 2 aliphatic rings. The molecule has 1 saturated carbocycles. The monoisotopic (exact) mass is 605 g/mol. The summed E-state index contributed by atoms with van der Waals surface area (Å²) in [4.78, 5) is 24.1. The topological polar surface area (TPSA) is 113 Å². The van der Waals surface area contributed by atoms with Gasteiger partial charge in [-0.05, 0) is 61.3 Å². The fourth-order valence-electron chi connectivity index (χ4n) is 4.90. The smallest absolute Gasteiger partial charge is 0.422 e. The fourth-order valence-corrected chi connectivity index (χ4v) is 6.89. The van der Waals surface area contributed by atoms with Crippen LogP contribution in [-0.4, -0.2) is 64.3 Å². The minimum absolute atomic E-state index is 0.0231. The zero-order valence-electron chi connectivity index (χ0n) is 22.9. The van der Waals surface area contributed by atoms with Gasteiger partial charge in [0, 0.05) is 30.7 Å². The van der Waals surface area contributed by atoms with E-state index in [-0.39, 0.29) is 24.2 Å². The lowest BCUT2D eigenvalue weighted by molar-refractivity contribution is -0.153. The van der Waals surface area contributed by atoms with Crippen LogP contribution in [0.1, 0.15) is 43.6 Å². The van der Waals surface area contributed by atoms with Crippen molar-refractivity contribution in [2.24, 2.45) is 5.92 Å². The van der Waals surface area contributed by atoms with Crippen molar-refractivity contribution in [3.05, 3.63) is 54.5 Å². The molecule has 42 heavy (non-hydrogen) atoms. The number of hydrogen-bond donors (Lipinski definition) is 1. The number of benzene rings is 1. The zero-order valence-corrected chi connectivity index (χ0v) is 23.8. The second-order valence-corrected chi connectivity index (χ2v) is 12.4. The van der Waals surface area contributed by atoms with Gasteiger partial charge >= 0.3 is 12.1 Å². The van der Waals surface area contributed by atoms with Crippen LogP contribution in [-0.2, 0) is 4.79 Å². The van der Waals surface area contributed by atoms with Crippen LogP contribution in [0, 0.1) is 5.92 Å². The predicted molar refractivity (Wildman–Crippen MR) is 148 cm³/mol. The van der Waals surface area contributed by atoms with Crippen LogP contribution in [0.25, 0.3) is 11.4 Å². The van der Waals surface area contributed by atoms with Crippen molar-refractivity contribution in [1.82, 2.24) is 15.0 Å². The van der Waals surface area contributed by atoms with Gasteiger partial charge in [-0.15, -0.1) is 0 Å². The molecular formula is C29H31F3N3O6P. The van der Waals surface area contributed by atoms with Crippen LogP contribution in [0.3, 0.4) is 0 Å². The molecule has 1 aliphatic carbocycles. The normalized spacial score (nSPS) is 19.5. The quantitative estimate of drug-likeness (QED) is 0.232. The van der Waals surface area contributed by atoms with E-state index in [9.17, 15) is 23.1 Å². The van der Waals surface area contributed by atoms with Gasteiger partial charge in [0.2, 0.25) is 5.88 Å². The lowest BCUT2D eigenvalue weighted by atomic mass is 9.92. The summed E-state index contributed by atoms with van der Waals surface area (Å²) in [6, 6.07) is 9.00. The highest BCUT2D eigenvalue weighted by atomic mass is 31.1. The summed E-state index contributed by atoms with van der Waals surface area (Å²) in [6.07, 6.45) is 4.89. The van der Waals surface area contributed by atoms with Crippen molar-refractivity contribution in [2.75, 3.05) is 26.0 Å². The molecule has 224 valence electrons. The Bertz CT molecular complexity index is 1370. The minimum Gasteiger partial charge on any atom is -0.497 e. The Balaban J connectivity index is 1.20. The summed E-state index contributed by atoms with van der Waals surface area (Å²) in [5, 5.41) is 9.34. The average Bonchev–Trinajstić information content (AvgIpc) is 3.81. The van der Waals surface area contributed by atoms with Gasteiger partial charge in [-0.3, -0.25) is 4.79 Å². The van der Waals surface area contributed by atoms with E-state index in [2.05, 4.69) is 15.0 Å². The molecule has 1 unspecified atom stereocenters. The summed E-state index contributed by atoms with van der Waals surface area (Å²) in [5.74, 6) is 1.41. The molecule has 2 aromatic heterocycles. The highest BCUT2D eigenvalue weighted by molar-refractivity contribution is 7.53. The zero-order chi connectivity index (χ0) is 29.7. The van der Waals surface area contributed by atoms with Crippen molar-refractivity contribution < 1.29 is 41.8 Å². The summed E-state index contributed by atoms with van der Waals surface area (Å²) < 4.78 is 60.1. The molecule has 1 aliphatic heterocycles. The Hall–Kier alpha value is -3.66. The number of rotatable bonds is 12. The standard InChI is InChI=1S/C29H31F3N3O6P/c1-38-21-4-5-23(28-34-15-22(16-35-28)39-17-29(30,31)32)25(13-21)41-42-10-7-20(8-11-42)40-26-12-19(6-9-33-26)24(14-27(36)37)18-2-3-18/h4-6,9,12-13,15-16,18,20,24H,2-3,7-8,10-11,14,17H2,1H3,(H,36,37)/t20-,24?,42+. The van der Waals surface area contributed by atoms with E-state index in [1.807, 2.05) is 12.1 Å². The number of alkyl halides is 3. The number of ether oxygens (including phenoxy) is 3. The van der Waals surface area contributed by atoms with Gasteiger partial charge < -0.3 is 23.8 Å². The van der Waals surface area contributed by atoms with Gasteiger partial charge in [0.25, 0.3) is 0 Å². The van der Waals surface area contributed by atoms with Crippen LogP contribution in [0.4, 0.5) is 13.2 Å². The third-order valence-corrected chi connectivity index (χ3v) is 9.12. The van der Waals surface area contributed by atoms with Crippen molar-refractivity contribution >= 4 is 14.1 Å².